The van der Waals surface area contributed by atoms with E-state index in [1.807, 2.05) is 13.8 Å². The number of carbonyl (C=O) groups excluding carboxylic acids is 4. The van der Waals surface area contributed by atoms with Crippen molar-refractivity contribution < 1.29 is 32.8 Å². The number of nitrogens with zero attached hydrogens (tertiary/aromatic N) is 5. The number of fused-ring (bicyclic) bond motifs is 1. The molecule has 2 saturated heterocycles. The first kappa shape index (κ1) is 35.2. The Bertz CT molecular complexity index is 2230. The molecular formula is C41H39FN6O6. The first-order valence-corrected chi connectivity index (χ1v) is 18.2. The minimum absolute atomic E-state index is 0.00387. The van der Waals surface area contributed by atoms with Crippen LogP contribution in [0.5, 0.6) is 0 Å². The van der Waals surface area contributed by atoms with Crippen LogP contribution in [0.1, 0.15) is 75.4 Å². The highest BCUT2D eigenvalue weighted by atomic mass is 19.1. The number of hydrogen-bond donors (Lipinski definition) is 1. The summed E-state index contributed by atoms with van der Waals surface area (Å²) in [7, 11) is 0. The van der Waals surface area contributed by atoms with Gasteiger partial charge in [0.05, 0.1) is 40.1 Å². The summed E-state index contributed by atoms with van der Waals surface area (Å²) in [6, 6.07) is 18.4. The van der Waals surface area contributed by atoms with Gasteiger partial charge in [0.1, 0.15) is 17.6 Å². The van der Waals surface area contributed by atoms with Crippen LogP contribution >= 0.6 is 0 Å². The summed E-state index contributed by atoms with van der Waals surface area (Å²) in [4.78, 5) is 55.2. The molecule has 1 atom stereocenters. The van der Waals surface area contributed by atoms with Gasteiger partial charge >= 0.3 is 0 Å². The van der Waals surface area contributed by atoms with E-state index in [9.17, 15) is 24.4 Å². The Morgan fingerprint density at radius 2 is 1.74 bits per heavy atom. The zero-order chi connectivity index (χ0) is 37.9. The van der Waals surface area contributed by atoms with Crippen LogP contribution in [0.15, 0.2) is 59.1 Å². The van der Waals surface area contributed by atoms with Crippen LogP contribution in [-0.2, 0) is 19.7 Å². The van der Waals surface area contributed by atoms with E-state index in [-0.39, 0.29) is 41.2 Å². The van der Waals surface area contributed by atoms with Crippen LogP contribution < -0.4 is 15.1 Å². The smallest absolute Gasteiger partial charge is 0.262 e. The molecular weight excluding hydrogens is 691 g/mol. The van der Waals surface area contributed by atoms with Gasteiger partial charge in [-0.05, 0) is 93.5 Å². The summed E-state index contributed by atoms with van der Waals surface area (Å²) in [5.41, 5.74) is 6.71. The van der Waals surface area contributed by atoms with E-state index in [1.165, 1.54) is 6.07 Å². The van der Waals surface area contributed by atoms with E-state index in [0.29, 0.717) is 32.7 Å². The van der Waals surface area contributed by atoms with Gasteiger partial charge in [-0.15, -0.1) is 0 Å². The van der Waals surface area contributed by atoms with E-state index in [1.54, 1.807) is 4.90 Å². The third kappa shape index (κ3) is 6.10. The maximum atomic E-state index is 15.3. The first-order chi connectivity index (χ1) is 26.0. The lowest BCUT2D eigenvalue weighted by molar-refractivity contribution is -0.136. The average molecular weight is 731 g/mol. The van der Waals surface area contributed by atoms with Crippen molar-refractivity contribution in [3.05, 3.63) is 94.1 Å². The fourth-order valence-electron chi connectivity index (χ4n) is 7.82. The third-order valence-corrected chi connectivity index (χ3v) is 11.1. The van der Waals surface area contributed by atoms with E-state index >= 15 is 4.39 Å². The van der Waals surface area contributed by atoms with Gasteiger partial charge in [0.2, 0.25) is 11.8 Å². The molecule has 4 amide bonds. The maximum Gasteiger partial charge on any atom is 0.262 e. The Hall–Kier alpha value is -5.87. The van der Waals surface area contributed by atoms with Crippen LogP contribution in [0.2, 0.25) is 0 Å². The number of nitrogens with one attached hydrogen (secondary N) is 1. The molecule has 12 nitrogen and oxygen atoms in total. The topological polar surface area (TPSA) is 149 Å². The molecule has 13 heteroatoms. The van der Waals surface area contributed by atoms with E-state index in [0.717, 1.165) is 68.9 Å². The number of piperidine rings is 1. The molecule has 4 heterocycles. The molecule has 276 valence electrons. The molecule has 3 aliphatic heterocycles. The number of rotatable bonds is 11. The van der Waals surface area contributed by atoms with Gasteiger partial charge in [0.25, 0.3) is 11.8 Å². The van der Waals surface area contributed by atoms with Crippen molar-refractivity contribution in [3.8, 4) is 17.2 Å². The summed E-state index contributed by atoms with van der Waals surface area (Å²) in [6.45, 7) is 7.82. The molecule has 3 aromatic carbocycles. The van der Waals surface area contributed by atoms with Gasteiger partial charge in [0.15, 0.2) is 0 Å². The van der Waals surface area contributed by atoms with Crippen molar-refractivity contribution in [2.24, 2.45) is 0 Å². The lowest BCUT2D eigenvalue weighted by Crippen LogP contribution is -2.54. The lowest BCUT2D eigenvalue weighted by atomic mass is 9.97. The highest BCUT2D eigenvalue weighted by Crippen LogP contribution is 2.48. The monoisotopic (exact) mass is 730 g/mol. The highest BCUT2D eigenvalue weighted by Gasteiger charge is 2.46. The normalized spacial score (nSPS) is 19.1. The summed E-state index contributed by atoms with van der Waals surface area (Å²) >= 11 is 0. The zero-order valence-corrected chi connectivity index (χ0v) is 30.3. The molecule has 3 fully saturated rings. The van der Waals surface area contributed by atoms with E-state index in [4.69, 9.17) is 9.26 Å². The van der Waals surface area contributed by atoms with Crippen LogP contribution in [0.3, 0.4) is 0 Å². The number of halogens is 1. The number of amides is 4. The molecule has 4 aromatic rings. The van der Waals surface area contributed by atoms with Crippen molar-refractivity contribution in [3.63, 3.8) is 0 Å². The second-order valence-corrected chi connectivity index (χ2v) is 14.6. The fourth-order valence-corrected chi connectivity index (χ4v) is 7.82. The maximum absolute atomic E-state index is 15.3. The number of aryl methyl sites for hydroxylation is 3. The molecule has 0 spiro atoms. The molecule has 1 N–H and O–H groups in total. The van der Waals surface area contributed by atoms with Crippen molar-refractivity contribution in [2.45, 2.75) is 70.4 Å². The number of benzene rings is 3. The van der Waals surface area contributed by atoms with Crippen LogP contribution in [0, 0.1) is 37.9 Å². The van der Waals surface area contributed by atoms with E-state index < -0.39 is 35.5 Å². The largest absolute Gasteiger partial charge is 0.374 e. The molecule has 0 bridgehead atoms. The molecule has 4 aliphatic rings. The van der Waals surface area contributed by atoms with Gasteiger partial charge in [-0.25, -0.2) is 4.39 Å². The molecule has 1 saturated carbocycles. The van der Waals surface area contributed by atoms with Crippen molar-refractivity contribution >= 4 is 40.7 Å². The number of carbonyl (C=O) groups is 4. The molecule has 1 aliphatic carbocycles. The number of anilines is 3. The highest BCUT2D eigenvalue weighted by molar-refractivity contribution is 6.23. The lowest BCUT2D eigenvalue weighted by Gasteiger charge is -2.41. The second-order valence-electron chi connectivity index (χ2n) is 14.6. The minimum atomic E-state index is -1.12. The van der Waals surface area contributed by atoms with Crippen molar-refractivity contribution in [2.75, 3.05) is 36.0 Å². The summed E-state index contributed by atoms with van der Waals surface area (Å²) < 4.78 is 27.0. The summed E-state index contributed by atoms with van der Waals surface area (Å²) in [5.74, 6) is -2.49. The van der Waals surface area contributed by atoms with Crippen LogP contribution in [-0.4, -0.2) is 72.1 Å². The Kier molecular flexibility index (Phi) is 8.81. The Balaban J connectivity index is 0.933. The number of hydrogen-bond acceptors (Lipinski definition) is 10. The van der Waals surface area contributed by atoms with Gasteiger partial charge in [0, 0.05) is 49.6 Å². The van der Waals surface area contributed by atoms with Gasteiger partial charge in [-0.2, -0.15) is 5.26 Å². The second kappa shape index (κ2) is 13.5. The van der Waals surface area contributed by atoms with E-state index in [2.05, 4.69) is 70.8 Å². The molecule has 54 heavy (non-hydrogen) atoms. The average Bonchev–Trinajstić information content (AvgIpc) is 3.82. The third-order valence-electron chi connectivity index (χ3n) is 11.1. The fraction of sp³-hybridized carbons (Fsp3) is 0.366. The Morgan fingerprint density at radius 3 is 2.39 bits per heavy atom. The Morgan fingerprint density at radius 1 is 1.02 bits per heavy atom. The number of nitriles is 1. The van der Waals surface area contributed by atoms with Crippen molar-refractivity contribution in [1.29, 1.82) is 5.26 Å². The molecule has 0 radical (unpaired) electrons. The Labute approximate surface area is 311 Å². The molecule has 1 unspecified atom stereocenters. The number of imide groups is 2. The van der Waals surface area contributed by atoms with Gasteiger partial charge in [-0.1, -0.05) is 29.4 Å². The molecule has 1 aromatic heterocycles. The summed E-state index contributed by atoms with van der Waals surface area (Å²) in [5, 5.41) is 16.1. The minimum Gasteiger partial charge on any atom is -0.374 e. The van der Waals surface area contributed by atoms with Crippen molar-refractivity contribution in [1.82, 2.24) is 15.4 Å². The molecule has 8 rings (SSSR count). The van der Waals surface area contributed by atoms with Crippen LogP contribution in [0.4, 0.5) is 21.5 Å². The zero-order valence-electron chi connectivity index (χ0n) is 30.3. The van der Waals surface area contributed by atoms with Crippen LogP contribution in [0.25, 0.3) is 11.1 Å². The first-order valence-electron chi connectivity index (χ1n) is 18.2. The quantitative estimate of drug-likeness (QED) is 0.148. The predicted molar refractivity (Wildman–Crippen MR) is 196 cm³/mol. The predicted octanol–water partition coefficient (Wildman–Crippen LogP) is 5.80. The van der Waals surface area contributed by atoms with Gasteiger partial charge < -0.3 is 19.1 Å². The number of ether oxygens (including phenoxy) is 1. The SMILES string of the molecule is Cc1ccc(-c2c(C)noc2C)cc1N(CCCOC1CN(c2cc3c(cc2F)C(=O)N(C2CCC(=O)NC2=O)C3=O)C1)c1ccc(C2(C#N)CC2)cc1. The number of aromatic nitrogens is 1. The standard InChI is InChI=1S/C41H39FN6O6/c1-23-5-6-26(37-24(2)45-54-25(37)3)17-34(23)47(28-9-7-27(8-10-28)41(22-43)13-14-41)15-4-16-53-29-20-46(21-29)35-19-31-30(18-32(35)42)39(51)48(40(31)52)33-11-12-36(49)44-38(33)50/h5-10,17-19,29,33H,4,11-16,20-21H2,1-3H3,(H,44,49,50). The summed E-state index contributed by atoms with van der Waals surface area (Å²) in [6.07, 6.45) is 2.31. The van der Waals surface area contributed by atoms with Gasteiger partial charge in [-0.3, -0.25) is 29.4 Å².